The van der Waals surface area contributed by atoms with E-state index in [1.807, 2.05) is 0 Å². The molecule has 0 radical (unpaired) electrons. The summed E-state index contributed by atoms with van der Waals surface area (Å²) < 4.78 is 47.8. The predicted octanol–water partition coefficient (Wildman–Crippen LogP) is 5.19. The molecule has 0 aliphatic carbocycles. The number of amides is 1. The van der Waals surface area contributed by atoms with E-state index in [4.69, 9.17) is 4.74 Å². The monoisotopic (exact) mass is 476 g/mol. The molecule has 0 spiro atoms. The third kappa shape index (κ3) is 5.34. The maximum Gasteiger partial charge on any atom is 0.410 e. The summed E-state index contributed by atoms with van der Waals surface area (Å²) in [6.45, 7) is 5.35. The Labute approximate surface area is 193 Å². The Kier molecular flexibility index (Phi) is 6.71. The number of benzene rings is 2. The highest BCUT2D eigenvalue weighted by molar-refractivity contribution is 7.90. The summed E-state index contributed by atoms with van der Waals surface area (Å²) in [5.74, 6) is -0.558. The molecule has 0 saturated heterocycles. The lowest BCUT2D eigenvalue weighted by Crippen LogP contribution is -2.33. The first-order chi connectivity index (χ1) is 14.9. The molecule has 0 aliphatic heterocycles. The van der Waals surface area contributed by atoms with Crippen LogP contribution in [-0.4, -0.2) is 36.0 Å². The van der Waals surface area contributed by atoms with Gasteiger partial charge in [-0.05, 0) is 62.7 Å². The zero-order chi connectivity index (χ0) is 23.7. The second kappa shape index (κ2) is 8.99. The molecule has 0 unspecified atom stereocenters. The largest absolute Gasteiger partial charge is 0.444 e. The number of rotatable bonds is 5. The van der Waals surface area contributed by atoms with Gasteiger partial charge in [-0.15, -0.1) is 12.6 Å². The van der Waals surface area contributed by atoms with Crippen LogP contribution in [0.25, 0.3) is 11.3 Å². The first-order valence-electron chi connectivity index (χ1n) is 9.83. The van der Waals surface area contributed by atoms with Gasteiger partial charge in [0.2, 0.25) is 0 Å². The quantitative estimate of drug-likeness (QED) is 0.515. The Morgan fingerprint density at radius 1 is 1.12 bits per heavy atom. The molecule has 9 heteroatoms. The van der Waals surface area contributed by atoms with Crippen molar-refractivity contribution in [1.82, 2.24) is 8.87 Å². The lowest BCUT2D eigenvalue weighted by Gasteiger charge is -2.24. The van der Waals surface area contributed by atoms with E-state index in [-0.39, 0.29) is 22.7 Å². The highest BCUT2D eigenvalue weighted by Crippen LogP contribution is 2.30. The van der Waals surface area contributed by atoms with Crippen LogP contribution in [-0.2, 0) is 21.3 Å². The summed E-state index contributed by atoms with van der Waals surface area (Å²) in [6.07, 6.45) is 0.840. The molecular formula is C23H25FN2O4S2. The maximum absolute atomic E-state index is 14.6. The van der Waals surface area contributed by atoms with Gasteiger partial charge in [0.05, 0.1) is 17.1 Å². The third-order valence-corrected chi connectivity index (χ3v) is 6.44. The van der Waals surface area contributed by atoms with E-state index in [9.17, 15) is 17.6 Å². The number of carbonyl (C=O) groups is 1. The molecule has 3 aromatic rings. The van der Waals surface area contributed by atoms with Crippen molar-refractivity contribution in [3.8, 4) is 11.3 Å². The van der Waals surface area contributed by atoms with E-state index in [1.165, 1.54) is 41.4 Å². The van der Waals surface area contributed by atoms with Crippen molar-refractivity contribution in [2.24, 2.45) is 0 Å². The molecule has 0 atom stereocenters. The number of thiol groups is 1. The van der Waals surface area contributed by atoms with E-state index >= 15 is 0 Å². The fourth-order valence-electron chi connectivity index (χ4n) is 3.08. The van der Waals surface area contributed by atoms with Crippen LogP contribution in [0.15, 0.2) is 70.6 Å². The maximum atomic E-state index is 14.6. The zero-order valence-corrected chi connectivity index (χ0v) is 20.0. The van der Waals surface area contributed by atoms with Crippen molar-refractivity contribution in [3.05, 3.63) is 72.2 Å². The smallest absolute Gasteiger partial charge is 0.410 e. The standard InChI is InChI=1S/C23H25FN2O4S2/c1-23(2,3)30-22(27)25(4)14-16-12-21(19-10-5-6-11-20(19)24)26(15-16)32(28,29)18-9-7-8-17(31)13-18/h5-13,15,31H,14H2,1-4H3. The molecule has 0 fully saturated rings. The normalized spacial score (nSPS) is 11.9. The van der Waals surface area contributed by atoms with Crippen LogP contribution >= 0.6 is 12.6 Å². The summed E-state index contributed by atoms with van der Waals surface area (Å²) >= 11 is 4.23. The number of aromatic nitrogens is 1. The number of halogens is 1. The second-order valence-electron chi connectivity index (χ2n) is 8.35. The van der Waals surface area contributed by atoms with E-state index in [0.29, 0.717) is 10.5 Å². The lowest BCUT2D eigenvalue weighted by molar-refractivity contribution is 0.0285. The average molecular weight is 477 g/mol. The van der Waals surface area contributed by atoms with Crippen LogP contribution in [0.1, 0.15) is 26.3 Å². The van der Waals surface area contributed by atoms with Crippen LogP contribution in [0.3, 0.4) is 0 Å². The molecular weight excluding hydrogens is 451 g/mol. The number of hydrogen-bond acceptors (Lipinski definition) is 5. The zero-order valence-electron chi connectivity index (χ0n) is 18.2. The fraction of sp³-hybridized carbons (Fsp3) is 0.261. The summed E-state index contributed by atoms with van der Waals surface area (Å²) in [5, 5.41) is 0. The molecule has 0 bridgehead atoms. The SMILES string of the molecule is CN(Cc1cc(-c2ccccc2F)n(S(=O)(=O)c2cccc(S)c2)c1)C(=O)OC(C)(C)C. The van der Waals surface area contributed by atoms with Gasteiger partial charge in [0, 0.05) is 23.7 Å². The van der Waals surface area contributed by atoms with Gasteiger partial charge in [0.1, 0.15) is 11.4 Å². The topological polar surface area (TPSA) is 68.6 Å². The first-order valence-corrected chi connectivity index (χ1v) is 11.7. The Hall–Kier alpha value is -2.78. The molecule has 2 aromatic carbocycles. The van der Waals surface area contributed by atoms with E-state index in [0.717, 1.165) is 3.97 Å². The molecule has 32 heavy (non-hydrogen) atoms. The molecule has 170 valence electrons. The van der Waals surface area contributed by atoms with Crippen molar-refractivity contribution >= 4 is 28.7 Å². The Bertz CT molecular complexity index is 1250. The van der Waals surface area contributed by atoms with E-state index in [2.05, 4.69) is 12.6 Å². The van der Waals surface area contributed by atoms with E-state index in [1.54, 1.807) is 52.1 Å². The summed E-state index contributed by atoms with van der Waals surface area (Å²) in [6, 6.07) is 13.6. The number of carbonyl (C=O) groups excluding carboxylic acids is 1. The Morgan fingerprint density at radius 2 is 1.81 bits per heavy atom. The van der Waals surface area contributed by atoms with Crippen LogP contribution in [0.4, 0.5) is 9.18 Å². The number of nitrogens with zero attached hydrogens (tertiary/aromatic N) is 2. The van der Waals surface area contributed by atoms with Gasteiger partial charge < -0.3 is 9.64 Å². The number of hydrogen-bond donors (Lipinski definition) is 1. The van der Waals surface area contributed by atoms with Gasteiger partial charge in [0.25, 0.3) is 10.0 Å². The first kappa shape index (κ1) is 23.9. The van der Waals surface area contributed by atoms with Crippen LogP contribution in [0.5, 0.6) is 0 Å². The minimum atomic E-state index is -4.05. The van der Waals surface area contributed by atoms with Gasteiger partial charge in [-0.3, -0.25) is 0 Å². The minimum Gasteiger partial charge on any atom is -0.444 e. The fourth-order valence-corrected chi connectivity index (χ4v) is 4.83. The van der Waals surface area contributed by atoms with Crippen molar-refractivity contribution in [2.45, 2.75) is 42.7 Å². The van der Waals surface area contributed by atoms with E-state index < -0.39 is 27.5 Å². The molecule has 0 saturated carbocycles. The summed E-state index contributed by atoms with van der Waals surface area (Å²) in [5.41, 5.74) is 0.114. The van der Waals surface area contributed by atoms with Gasteiger partial charge >= 0.3 is 6.09 Å². The average Bonchev–Trinajstić information content (AvgIpc) is 3.11. The van der Waals surface area contributed by atoms with Gasteiger partial charge in [-0.1, -0.05) is 18.2 Å². The van der Waals surface area contributed by atoms with Crippen molar-refractivity contribution < 1.29 is 22.3 Å². The van der Waals surface area contributed by atoms with Crippen LogP contribution in [0, 0.1) is 5.82 Å². The predicted molar refractivity (Wildman–Crippen MR) is 124 cm³/mol. The van der Waals surface area contributed by atoms with Crippen LogP contribution in [0.2, 0.25) is 0 Å². The van der Waals surface area contributed by atoms with Gasteiger partial charge in [-0.2, -0.15) is 0 Å². The molecule has 1 amide bonds. The summed E-state index contributed by atoms with van der Waals surface area (Å²) in [7, 11) is -2.51. The Morgan fingerprint density at radius 3 is 2.44 bits per heavy atom. The van der Waals surface area contributed by atoms with Crippen molar-refractivity contribution in [2.75, 3.05) is 7.05 Å². The highest BCUT2D eigenvalue weighted by Gasteiger charge is 2.25. The molecule has 6 nitrogen and oxygen atoms in total. The molecule has 3 rings (SSSR count). The van der Waals surface area contributed by atoms with Crippen molar-refractivity contribution in [1.29, 1.82) is 0 Å². The summed E-state index contributed by atoms with van der Waals surface area (Å²) in [4.78, 5) is 14.2. The third-order valence-electron chi connectivity index (χ3n) is 4.49. The Balaban J connectivity index is 2.07. The lowest BCUT2D eigenvalue weighted by atomic mass is 10.1. The van der Waals surface area contributed by atoms with Gasteiger partial charge in [-0.25, -0.2) is 21.6 Å². The molecule has 0 N–H and O–H groups in total. The van der Waals surface area contributed by atoms with Gasteiger partial charge in [0.15, 0.2) is 0 Å². The van der Waals surface area contributed by atoms with Crippen molar-refractivity contribution in [3.63, 3.8) is 0 Å². The molecule has 1 aromatic heterocycles. The van der Waals surface area contributed by atoms with Crippen LogP contribution < -0.4 is 0 Å². The second-order valence-corrected chi connectivity index (χ2v) is 10.7. The minimum absolute atomic E-state index is 0.0187. The highest BCUT2D eigenvalue weighted by atomic mass is 32.2. The number of ether oxygens (including phenoxy) is 1. The molecule has 1 heterocycles. The molecule has 0 aliphatic rings.